The fourth-order valence-corrected chi connectivity index (χ4v) is 0.589. The number of carbonyl (C=O) groups is 1. The van der Waals surface area contributed by atoms with Gasteiger partial charge >= 0.3 is 5.97 Å². The Kier molecular flexibility index (Phi) is 4.49. The Morgan fingerprint density at radius 2 is 1.54 bits per heavy atom. The molecule has 0 unspecified atom stereocenters. The summed E-state index contributed by atoms with van der Waals surface area (Å²) in [6.07, 6.45) is -7.61. The van der Waals surface area contributed by atoms with Crippen molar-refractivity contribution < 1.29 is 35.1 Å². The highest BCUT2D eigenvalue weighted by molar-refractivity contribution is 5.73. The number of carboxylic acids is 1. The molecule has 0 heterocycles. The molecule has 0 aromatic carbocycles. The molecule has 4 atom stereocenters. The summed E-state index contributed by atoms with van der Waals surface area (Å²) in [6.45, 7) is 0. The van der Waals surface area contributed by atoms with Crippen molar-refractivity contribution in [3.63, 3.8) is 0 Å². The van der Waals surface area contributed by atoms with Crippen molar-refractivity contribution in [2.24, 2.45) is 0 Å². The van der Waals surface area contributed by atoms with Crippen LogP contribution >= 0.6 is 0 Å². The number of aliphatic hydroxyl groups is 4. The van der Waals surface area contributed by atoms with E-state index in [1.807, 2.05) is 0 Å². The van der Waals surface area contributed by atoms with E-state index in [0.29, 0.717) is 0 Å². The lowest BCUT2D eigenvalue weighted by Gasteiger charge is -2.20. The fourth-order valence-electron chi connectivity index (χ4n) is 0.589. The molecule has 0 rings (SSSR count). The first kappa shape index (κ1) is 12.0. The molecule has 75 valence electrons. The van der Waals surface area contributed by atoms with Crippen molar-refractivity contribution in [2.45, 2.75) is 24.4 Å². The maximum Gasteiger partial charge on any atom is 0.335 e. The summed E-state index contributed by atoms with van der Waals surface area (Å²) in [5.41, 5.74) is 0. The van der Waals surface area contributed by atoms with Crippen LogP contribution in [0.15, 0.2) is 0 Å². The molecule has 7 heteroatoms. The lowest BCUT2D eigenvalue weighted by atomic mass is 10.0. The molecule has 0 spiro atoms. The van der Waals surface area contributed by atoms with E-state index >= 15 is 0 Å². The Morgan fingerprint density at radius 1 is 1.08 bits per heavy atom. The van der Waals surface area contributed by atoms with Crippen molar-refractivity contribution in [1.82, 2.24) is 0 Å². The average Bonchev–Trinajstić information content (AvgIpc) is 2.12. The number of carbonyl (C=O) groups excluding carboxylic acids is 1. The predicted octanol–water partition coefficient (Wildman–Crippen LogP) is -3.38. The quantitative estimate of drug-likeness (QED) is 0.307. The third-order valence-electron chi connectivity index (χ3n) is 1.37. The summed E-state index contributed by atoms with van der Waals surface area (Å²) in [5, 5.41) is 43.1. The fraction of sp³-hybridized carbons (Fsp3) is 0.667. The zero-order valence-electron chi connectivity index (χ0n) is 6.36. The standard InChI is InChI=1S/C6H9O7/c7-1-2(8)3(9)4(10)5(11)6(12)13/h2-5,8-11H,(H,12,13)/t2-,3+,4+,5-/m1/s1. The summed E-state index contributed by atoms with van der Waals surface area (Å²) in [4.78, 5) is 19.8. The molecule has 0 aliphatic rings. The Morgan fingerprint density at radius 3 is 1.85 bits per heavy atom. The van der Waals surface area contributed by atoms with E-state index in [0.717, 1.165) is 6.29 Å². The first-order chi connectivity index (χ1) is 5.91. The Bertz CT molecular complexity index is 191. The van der Waals surface area contributed by atoms with Gasteiger partial charge in [-0.15, -0.1) is 0 Å². The average molecular weight is 193 g/mol. The monoisotopic (exact) mass is 193 g/mol. The van der Waals surface area contributed by atoms with Crippen molar-refractivity contribution in [3.8, 4) is 0 Å². The van der Waals surface area contributed by atoms with E-state index < -0.39 is 30.4 Å². The minimum Gasteiger partial charge on any atom is -0.479 e. The van der Waals surface area contributed by atoms with Gasteiger partial charge in [-0.1, -0.05) is 0 Å². The second kappa shape index (κ2) is 4.87. The molecule has 5 N–H and O–H groups in total. The largest absolute Gasteiger partial charge is 0.479 e. The molecule has 0 aliphatic carbocycles. The van der Waals surface area contributed by atoms with Crippen LogP contribution in [-0.2, 0) is 9.59 Å². The Hall–Kier alpha value is -1.02. The van der Waals surface area contributed by atoms with Crippen LogP contribution in [0.2, 0.25) is 0 Å². The molecule has 0 saturated carbocycles. The second-order valence-corrected chi connectivity index (χ2v) is 2.33. The topological polar surface area (TPSA) is 135 Å². The van der Waals surface area contributed by atoms with E-state index in [-0.39, 0.29) is 0 Å². The molecule has 1 radical (unpaired) electrons. The Balaban J connectivity index is 4.32. The zero-order chi connectivity index (χ0) is 10.6. The molecule has 0 aliphatic heterocycles. The highest BCUT2D eigenvalue weighted by Gasteiger charge is 2.34. The van der Waals surface area contributed by atoms with Crippen molar-refractivity contribution >= 4 is 12.3 Å². The van der Waals surface area contributed by atoms with Gasteiger partial charge in [0.05, 0.1) is 0 Å². The minimum absolute atomic E-state index is 0.931. The maximum absolute atomic E-state index is 10.1. The first-order valence-corrected chi connectivity index (χ1v) is 3.24. The number of rotatable bonds is 5. The van der Waals surface area contributed by atoms with Gasteiger partial charge in [-0.25, -0.2) is 4.79 Å². The maximum atomic E-state index is 10.1. The van der Waals surface area contributed by atoms with Crippen LogP contribution in [0, 0.1) is 0 Å². The van der Waals surface area contributed by atoms with E-state index in [9.17, 15) is 9.59 Å². The van der Waals surface area contributed by atoms with Crippen LogP contribution in [0.4, 0.5) is 0 Å². The van der Waals surface area contributed by atoms with E-state index in [1.54, 1.807) is 0 Å². The smallest absolute Gasteiger partial charge is 0.335 e. The highest BCUT2D eigenvalue weighted by atomic mass is 16.4. The van der Waals surface area contributed by atoms with Crippen LogP contribution in [0.5, 0.6) is 0 Å². The van der Waals surface area contributed by atoms with Crippen LogP contribution in [-0.4, -0.2) is 62.2 Å². The van der Waals surface area contributed by atoms with Crippen LogP contribution in [0.1, 0.15) is 0 Å². The zero-order valence-corrected chi connectivity index (χ0v) is 6.36. The van der Waals surface area contributed by atoms with Gasteiger partial charge in [0.15, 0.2) is 6.10 Å². The number of hydrogen-bond donors (Lipinski definition) is 5. The number of hydrogen-bond acceptors (Lipinski definition) is 6. The second-order valence-electron chi connectivity index (χ2n) is 2.33. The summed E-state index contributed by atoms with van der Waals surface area (Å²) in [7, 11) is 0. The van der Waals surface area contributed by atoms with Gasteiger partial charge in [-0.05, 0) is 0 Å². The molecular formula is C6H9O7. The minimum atomic E-state index is -2.27. The molecule has 13 heavy (non-hydrogen) atoms. The number of aliphatic hydroxyl groups excluding tert-OH is 4. The van der Waals surface area contributed by atoms with E-state index in [1.165, 1.54) is 0 Å². The Labute approximate surface area is 72.9 Å². The van der Waals surface area contributed by atoms with E-state index in [2.05, 4.69) is 0 Å². The summed E-state index contributed by atoms with van der Waals surface area (Å²) in [5.74, 6) is -1.77. The number of aliphatic carboxylic acids is 1. The van der Waals surface area contributed by atoms with Crippen molar-refractivity contribution in [1.29, 1.82) is 0 Å². The molecule has 0 saturated heterocycles. The molecule has 7 nitrogen and oxygen atoms in total. The molecule has 0 fully saturated rings. The summed E-state index contributed by atoms with van der Waals surface area (Å²) >= 11 is 0. The van der Waals surface area contributed by atoms with E-state index in [4.69, 9.17) is 25.5 Å². The van der Waals surface area contributed by atoms with Gasteiger partial charge in [-0.2, -0.15) is 0 Å². The lowest BCUT2D eigenvalue weighted by Crippen LogP contribution is -2.48. The third kappa shape index (κ3) is 3.07. The molecular weight excluding hydrogens is 184 g/mol. The summed E-state index contributed by atoms with van der Waals surface area (Å²) < 4.78 is 0. The lowest BCUT2D eigenvalue weighted by molar-refractivity contribution is -0.160. The van der Waals surface area contributed by atoms with Crippen LogP contribution in [0.25, 0.3) is 0 Å². The molecule has 0 aromatic rings. The van der Waals surface area contributed by atoms with Crippen LogP contribution < -0.4 is 0 Å². The van der Waals surface area contributed by atoms with Gasteiger partial charge < -0.3 is 25.5 Å². The van der Waals surface area contributed by atoms with Gasteiger partial charge in [0.25, 0.3) is 0 Å². The third-order valence-corrected chi connectivity index (χ3v) is 1.37. The summed E-state index contributed by atoms with van der Waals surface area (Å²) in [6, 6.07) is 0. The molecule has 0 amide bonds. The first-order valence-electron chi connectivity index (χ1n) is 3.24. The van der Waals surface area contributed by atoms with Gasteiger partial charge in [0.2, 0.25) is 6.29 Å². The molecule has 0 bridgehead atoms. The van der Waals surface area contributed by atoms with Gasteiger partial charge in [-0.3, -0.25) is 4.79 Å². The number of carboxylic acid groups (broad SMARTS) is 1. The normalized spacial score (nSPS) is 20.0. The van der Waals surface area contributed by atoms with Crippen LogP contribution in [0.3, 0.4) is 0 Å². The van der Waals surface area contributed by atoms with Gasteiger partial charge in [0.1, 0.15) is 18.3 Å². The van der Waals surface area contributed by atoms with Crippen molar-refractivity contribution in [3.05, 3.63) is 0 Å². The van der Waals surface area contributed by atoms with Crippen molar-refractivity contribution in [2.75, 3.05) is 0 Å². The predicted molar refractivity (Wildman–Crippen MR) is 37.4 cm³/mol. The molecule has 0 aromatic heterocycles. The SMILES string of the molecule is O=[C][C@@H](O)[C@H](O)[C@H](O)[C@@H](O)C(=O)O. The van der Waals surface area contributed by atoms with Gasteiger partial charge in [0, 0.05) is 0 Å². The highest BCUT2D eigenvalue weighted by Crippen LogP contribution is 2.03.